The lowest BCUT2D eigenvalue weighted by molar-refractivity contribution is -0.113. The number of furan rings is 1. The van der Waals surface area contributed by atoms with Gasteiger partial charge in [-0.05, 0) is 55.8 Å². The fourth-order valence-electron chi connectivity index (χ4n) is 3.03. The number of carbonyl (C=O) groups is 1. The molecule has 0 saturated heterocycles. The molecule has 9 heteroatoms. The summed E-state index contributed by atoms with van der Waals surface area (Å²) in [5.41, 5.74) is 2.44. The van der Waals surface area contributed by atoms with Crippen molar-refractivity contribution in [2.45, 2.75) is 25.5 Å². The van der Waals surface area contributed by atoms with Crippen molar-refractivity contribution in [1.82, 2.24) is 14.8 Å². The molecule has 0 unspecified atom stereocenters. The number of amides is 1. The zero-order chi connectivity index (χ0) is 21.3. The van der Waals surface area contributed by atoms with Crippen molar-refractivity contribution >= 4 is 61.9 Å². The summed E-state index contributed by atoms with van der Waals surface area (Å²) in [7, 11) is 0. The zero-order valence-electron chi connectivity index (χ0n) is 16.3. The van der Waals surface area contributed by atoms with Crippen LogP contribution in [0.15, 0.2) is 56.5 Å². The van der Waals surface area contributed by atoms with Gasteiger partial charge < -0.3 is 9.73 Å². The first-order valence-corrected chi connectivity index (χ1v) is 11.4. The Labute approximate surface area is 191 Å². The molecule has 2 aromatic heterocycles. The van der Waals surface area contributed by atoms with Gasteiger partial charge in [0.05, 0.1) is 5.75 Å². The maximum absolute atomic E-state index is 12.4. The molecular formula is C21H18BrClN4O2S. The summed E-state index contributed by atoms with van der Waals surface area (Å²) in [6, 6.07) is 13.2. The Morgan fingerprint density at radius 1 is 1.23 bits per heavy atom. The van der Waals surface area contributed by atoms with Crippen molar-refractivity contribution in [3.05, 3.63) is 57.5 Å². The first-order valence-electron chi connectivity index (χ1n) is 9.26. The third-order valence-electron chi connectivity index (χ3n) is 4.54. The maximum atomic E-state index is 12.4. The molecule has 0 spiro atoms. The first kappa shape index (κ1) is 21.0. The average molecular weight is 506 g/mol. The number of nitrogens with one attached hydrogen (secondary N) is 1. The van der Waals surface area contributed by atoms with Gasteiger partial charge in [0.25, 0.3) is 0 Å². The molecule has 4 aromatic rings. The Hall–Kier alpha value is -2.29. The molecule has 0 bridgehead atoms. The number of benzene rings is 2. The smallest absolute Gasteiger partial charge is 0.234 e. The first-order chi connectivity index (χ1) is 14.4. The second-order valence-corrected chi connectivity index (χ2v) is 8.93. The summed E-state index contributed by atoms with van der Waals surface area (Å²) in [5, 5.41) is 13.7. The Balaban J connectivity index is 1.50. The Kier molecular flexibility index (Phi) is 6.17. The molecule has 0 atom stereocenters. The van der Waals surface area contributed by atoms with Crippen molar-refractivity contribution in [2.75, 3.05) is 11.1 Å². The third kappa shape index (κ3) is 4.40. The van der Waals surface area contributed by atoms with Crippen LogP contribution < -0.4 is 5.32 Å². The zero-order valence-corrected chi connectivity index (χ0v) is 19.4. The van der Waals surface area contributed by atoms with Crippen molar-refractivity contribution < 1.29 is 9.21 Å². The van der Waals surface area contributed by atoms with E-state index in [2.05, 4.69) is 31.4 Å². The van der Waals surface area contributed by atoms with Gasteiger partial charge in [-0.25, -0.2) is 0 Å². The van der Waals surface area contributed by atoms with Crippen molar-refractivity contribution in [2.24, 2.45) is 0 Å². The van der Waals surface area contributed by atoms with E-state index >= 15 is 0 Å². The van der Waals surface area contributed by atoms with Crippen LogP contribution in [0.3, 0.4) is 0 Å². The van der Waals surface area contributed by atoms with Gasteiger partial charge in [-0.15, -0.1) is 10.2 Å². The number of rotatable bonds is 6. The summed E-state index contributed by atoms with van der Waals surface area (Å²) < 4.78 is 8.87. The highest BCUT2D eigenvalue weighted by molar-refractivity contribution is 9.10. The van der Waals surface area contributed by atoms with Crippen LogP contribution >= 0.6 is 39.3 Å². The van der Waals surface area contributed by atoms with E-state index in [1.165, 1.54) is 11.8 Å². The van der Waals surface area contributed by atoms with Crippen LogP contribution in [0, 0.1) is 6.92 Å². The monoisotopic (exact) mass is 504 g/mol. The summed E-state index contributed by atoms with van der Waals surface area (Å²) >= 11 is 10.8. The van der Waals surface area contributed by atoms with Gasteiger partial charge >= 0.3 is 0 Å². The summed E-state index contributed by atoms with van der Waals surface area (Å²) in [4.78, 5) is 12.4. The molecular weight excluding hydrogens is 488 g/mol. The van der Waals surface area contributed by atoms with Gasteiger partial charge in [-0.2, -0.15) is 0 Å². The number of hydrogen-bond acceptors (Lipinski definition) is 5. The molecule has 2 heterocycles. The van der Waals surface area contributed by atoms with Crippen LogP contribution in [-0.2, 0) is 11.3 Å². The molecule has 0 radical (unpaired) electrons. The Morgan fingerprint density at radius 2 is 2.07 bits per heavy atom. The summed E-state index contributed by atoms with van der Waals surface area (Å²) in [6.07, 6.45) is 0. The van der Waals surface area contributed by atoms with Gasteiger partial charge in [0.2, 0.25) is 11.7 Å². The standard InChI is InChI=1S/C21H18BrClN4O2S/c1-3-27-20(18-9-13-8-14(22)5-7-17(13)29-18)25-26-21(27)30-11-19(28)24-16-10-15(23)6-4-12(16)2/h4-10H,3,11H2,1-2H3,(H,24,28). The molecule has 0 aliphatic heterocycles. The SMILES string of the molecule is CCn1c(SCC(=O)Nc2cc(Cl)ccc2C)nnc1-c1cc2cc(Br)ccc2o1. The largest absolute Gasteiger partial charge is 0.453 e. The van der Waals surface area contributed by atoms with Crippen LogP contribution in [0.25, 0.3) is 22.6 Å². The molecule has 4 rings (SSSR count). The molecule has 6 nitrogen and oxygen atoms in total. The lowest BCUT2D eigenvalue weighted by Gasteiger charge is -2.09. The highest BCUT2D eigenvalue weighted by atomic mass is 79.9. The Morgan fingerprint density at radius 3 is 2.87 bits per heavy atom. The molecule has 0 fully saturated rings. The number of carbonyl (C=O) groups excluding carboxylic acids is 1. The Bertz CT molecular complexity index is 1240. The van der Waals surface area contributed by atoms with Crippen LogP contribution in [0.1, 0.15) is 12.5 Å². The molecule has 0 aliphatic rings. The number of halogens is 2. The van der Waals surface area contributed by atoms with Gasteiger partial charge in [0.1, 0.15) is 5.58 Å². The van der Waals surface area contributed by atoms with E-state index in [9.17, 15) is 4.79 Å². The van der Waals surface area contributed by atoms with E-state index in [-0.39, 0.29) is 11.7 Å². The van der Waals surface area contributed by atoms with Gasteiger partial charge in [-0.3, -0.25) is 9.36 Å². The number of nitrogens with zero attached hydrogens (tertiary/aromatic N) is 3. The fourth-order valence-corrected chi connectivity index (χ4v) is 4.39. The minimum atomic E-state index is -0.133. The van der Waals surface area contributed by atoms with Gasteiger partial charge in [0, 0.05) is 27.1 Å². The number of hydrogen-bond donors (Lipinski definition) is 1. The van der Waals surface area contributed by atoms with Gasteiger partial charge in [-0.1, -0.05) is 45.4 Å². The number of aromatic nitrogens is 3. The number of aryl methyl sites for hydroxylation is 1. The fraction of sp³-hybridized carbons (Fsp3) is 0.190. The average Bonchev–Trinajstić information content (AvgIpc) is 3.32. The minimum Gasteiger partial charge on any atom is -0.453 e. The number of thioether (sulfide) groups is 1. The predicted octanol–water partition coefficient (Wildman–Crippen LogP) is 6.17. The lowest BCUT2D eigenvalue weighted by Crippen LogP contribution is -2.15. The second kappa shape index (κ2) is 8.83. The quantitative estimate of drug-likeness (QED) is 0.317. The van der Waals surface area contributed by atoms with E-state index in [0.717, 1.165) is 21.0 Å². The molecule has 154 valence electrons. The number of fused-ring (bicyclic) bond motifs is 1. The van der Waals surface area contributed by atoms with E-state index in [4.69, 9.17) is 16.0 Å². The molecule has 0 aliphatic carbocycles. The van der Waals surface area contributed by atoms with E-state index in [0.29, 0.717) is 34.0 Å². The summed E-state index contributed by atoms with van der Waals surface area (Å²) in [6.45, 7) is 4.58. The van der Waals surface area contributed by atoms with Crippen molar-refractivity contribution in [3.63, 3.8) is 0 Å². The molecule has 1 N–H and O–H groups in total. The third-order valence-corrected chi connectivity index (χ3v) is 6.23. The highest BCUT2D eigenvalue weighted by Crippen LogP contribution is 2.31. The normalized spacial score (nSPS) is 11.2. The van der Waals surface area contributed by atoms with Crippen LogP contribution in [0.2, 0.25) is 5.02 Å². The van der Waals surface area contributed by atoms with E-state index in [1.54, 1.807) is 12.1 Å². The van der Waals surface area contributed by atoms with Crippen LogP contribution in [0.4, 0.5) is 5.69 Å². The predicted molar refractivity (Wildman–Crippen MR) is 124 cm³/mol. The summed E-state index contributed by atoms with van der Waals surface area (Å²) in [5.74, 6) is 1.35. The van der Waals surface area contributed by atoms with Crippen LogP contribution in [0.5, 0.6) is 0 Å². The maximum Gasteiger partial charge on any atom is 0.234 e. The van der Waals surface area contributed by atoms with Crippen molar-refractivity contribution in [1.29, 1.82) is 0 Å². The highest BCUT2D eigenvalue weighted by Gasteiger charge is 2.18. The molecule has 0 saturated carbocycles. The number of anilines is 1. The lowest BCUT2D eigenvalue weighted by atomic mass is 10.2. The van der Waals surface area contributed by atoms with Crippen LogP contribution in [-0.4, -0.2) is 26.4 Å². The second-order valence-electron chi connectivity index (χ2n) is 6.64. The van der Waals surface area contributed by atoms with Gasteiger partial charge in [0.15, 0.2) is 10.9 Å². The topological polar surface area (TPSA) is 73.0 Å². The molecule has 30 heavy (non-hydrogen) atoms. The molecule has 1 amide bonds. The van der Waals surface area contributed by atoms with E-state index < -0.39 is 0 Å². The molecule has 2 aromatic carbocycles. The van der Waals surface area contributed by atoms with E-state index in [1.807, 2.05) is 48.7 Å². The van der Waals surface area contributed by atoms with Crippen molar-refractivity contribution in [3.8, 4) is 11.6 Å². The minimum absolute atomic E-state index is 0.133.